The summed E-state index contributed by atoms with van der Waals surface area (Å²) < 4.78 is 0. The van der Waals surface area contributed by atoms with Gasteiger partial charge in [-0.15, -0.1) is 6.58 Å². The maximum Gasteiger partial charge on any atom is 0.00670 e. The van der Waals surface area contributed by atoms with E-state index in [1.54, 1.807) is 0 Å². The van der Waals surface area contributed by atoms with Crippen LogP contribution in [0, 0.1) is 0 Å². The Morgan fingerprint density at radius 2 is 2.15 bits per heavy atom. The van der Waals surface area contributed by atoms with Gasteiger partial charge in [-0.05, 0) is 38.6 Å². The van der Waals surface area contributed by atoms with Crippen molar-refractivity contribution in [3.8, 4) is 0 Å². The van der Waals surface area contributed by atoms with Crippen LogP contribution in [0.3, 0.4) is 0 Å². The van der Waals surface area contributed by atoms with Crippen LogP contribution in [-0.4, -0.2) is 12.6 Å². The number of hydrogen-bond acceptors (Lipinski definition) is 1. The van der Waals surface area contributed by atoms with Crippen LogP contribution in [0.2, 0.25) is 0 Å². The molecule has 1 heterocycles. The lowest BCUT2D eigenvalue weighted by molar-refractivity contribution is 0.371. The Morgan fingerprint density at radius 1 is 1.23 bits per heavy atom. The van der Waals surface area contributed by atoms with Gasteiger partial charge in [-0.1, -0.05) is 25.3 Å². The summed E-state index contributed by atoms with van der Waals surface area (Å²) in [7, 11) is 0. The molecule has 13 heavy (non-hydrogen) atoms. The van der Waals surface area contributed by atoms with Crippen molar-refractivity contribution in [2.24, 2.45) is 0 Å². The number of unbranched alkanes of at least 4 members (excludes halogenated alkanes) is 3. The van der Waals surface area contributed by atoms with Crippen molar-refractivity contribution in [1.29, 1.82) is 0 Å². The molecule has 0 aromatic rings. The summed E-state index contributed by atoms with van der Waals surface area (Å²) in [6.45, 7) is 4.98. The van der Waals surface area contributed by atoms with Gasteiger partial charge >= 0.3 is 0 Å². The Balaban J connectivity index is 1.89. The highest BCUT2D eigenvalue weighted by Gasteiger charge is 2.10. The van der Waals surface area contributed by atoms with Crippen LogP contribution >= 0.6 is 0 Å². The Morgan fingerprint density at radius 3 is 2.85 bits per heavy atom. The highest BCUT2D eigenvalue weighted by atomic mass is 14.9. The van der Waals surface area contributed by atoms with E-state index in [4.69, 9.17) is 0 Å². The number of nitrogens with one attached hydrogen (secondary N) is 1. The van der Waals surface area contributed by atoms with Gasteiger partial charge in [0.1, 0.15) is 0 Å². The fraction of sp³-hybridized carbons (Fsp3) is 0.833. The molecule has 1 rings (SSSR count). The molecule has 1 saturated heterocycles. The van der Waals surface area contributed by atoms with E-state index in [2.05, 4.69) is 11.9 Å². The van der Waals surface area contributed by atoms with E-state index in [1.807, 2.05) is 6.08 Å². The van der Waals surface area contributed by atoms with Crippen LogP contribution in [-0.2, 0) is 0 Å². The quantitative estimate of drug-likeness (QED) is 0.490. The zero-order valence-corrected chi connectivity index (χ0v) is 8.73. The molecule has 0 spiro atoms. The molecule has 0 amide bonds. The second-order valence-electron chi connectivity index (χ2n) is 4.07. The predicted octanol–water partition coefficient (Wildman–Crippen LogP) is 3.27. The lowest BCUT2D eigenvalue weighted by atomic mass is 9.99. The highest BCUT2D eigenvalue weighted by Crippen LogP contribution is 2.13. The Bertz CT molecular complexity index is 125. The second-order valence-corrected chi connectivity index (χ2v) is 4.07. The van der Waals surface area contributed by atoms with E-state index >= 15 is 0 Å². The molecule has 1 fully saturated rings. The number of rotatable bonds is 6. The zero-order chi connectivity index (χ0) is 9.36. The molecule has 0 aliphatic carbocycles. The van der Waals surface area contributed by atoms with Gasteiger partial charge in [0.15, 0.2) is 0 Å². The first-order chi connectivity index (χ1) is 6.43. The Kier molecular flexibility index (Phi) is 5.92. The summed E-state index contributed by atoms with van der Waals surface area (Å²) >= 11 is 0. The van der Waals surface area contributed by atoms with E-state index < -0.39 is 0 Å². The van der Waals surface area contributed by atoms with Crippen LogP contribution in [0.4, 0.5) is 0 Å². The minimum atomic E-state index is 0.831. The molecule has 0 aromatic carbocycles. The first-order valence-electron chi connectivity index (χ1n) is 5.78. The lowest BCUT2D eigenvalue weighted by Gasteiger charge is -2.23. The van der Waals surface area contributed by atoms with Crippen LogP contribution < -0.4 is 5.32 Å². The average Bonchev–Trinajstić information content (AvgIpc) is 2.19. The molecule has 0 saturated carbocycles. The van der Waals surface area contributed by atoms with Gasteiger partial charge in [0.25, 0.3) is 0 Å². The van der Waals surface area contributed by atoms with Crippen LogP contribution in [0.5, 0.6) is 0 Å². The van der Waals surface area contributed by atoms with E-state index in [-0.39, 0.29) is 0 Å². The lowest BCUT2D eigenvalue weighted by Crippen LogP contribution is -2.33. The number of hydrogen-bond donors (Lipinski definition) is 1. The minimum Gasteiger partial charge on any atom is -0.314 e. The van der Waals surface area contributed by atoms with Crippen LogP contribution in [0.1, 0.15) is 51.4 Å². The third kappa shape index (κ3) is 5.09. The third-order valence-corrected chi connectivity index (χ3v) is 2.87. The summed E-state index contributed by atoms with van der Waals surface area (Å²) in [5, 5.41) is 3.59. The van der Waals surface area contributed by atoms with Crippen molar-refractivity contribution in [3.63, 3.8) is 0 Å². The van der Waals surface area contributed by atoms with Crippen molar-refractivity contribution >= 4 is 0 Å². The average molecular weight is 181 g/mol. The number of piperidine rings is 1. The minimum absolute atomic E-state index is 0.831. The molecule has 0 aromatic heterocycles. The summed E-state index contributed by atoms with van der Waals surface area (Å²) in [5.41, 5.74) is 0. The van der Waals surface area contributed by atoms with Crippen LogP contribution in [0.25, 0.3) is 0 Å². The normalized spacial score (nSPS) is 22.9. The third-order valence-electron chi connectivity index (χ3n) is 2.87. The smallest absolute Gasteiger partial charge is 0.00670 e. The fourth-order valence-corrected chi connectivity index (χ4v) is 2.03. The van der Waals surface area contributed by atoms with E-state index in [0.29, 0.717) is 0 Å². The van der Waals surface area contributed by atoms with Crippen LogP contribution in [0.15, 0.2) is 12.7 Å². The Labute approximate surface area is 82.6 Å². The molecule has 1 heteroatoms. The van der Waals surface area contributed by atoms with Crippen molar-refractivity contribution in [3.05, 3.63) is 12.7 Å². The van der Waals surface area contributed by atoms with Gasteiger partial charge < -0.3 is 5.32 Å². The first-order valence-corrected chi connectivity index (χ1v) is 5.78. The second kappa shape index (κ2) is 7.14. The number of allylic oxidation sites excluding steroid dienone is 1. The van der Waals surface area contributed by atoms with Crippen molar-refractivity contribution in [2.75, 3.05) is 6.54 Å². The van der Waals surface area contributed by atoms with Gasteiger partial charge in [0.05, 0.1) is 0 Å². The maximum absolute atomic E-state index is 3.74. The van der Waals surface area contributed by atoms with E-state index in [0.717, 1.165) is 6.04 Å². The van der Waals surface area contributed by atoms with Crippen molar-refractivity contribution < 1.29 is 0 Å². The van der Waals surface area contributed by atoms with Gasteiger partial charge in [-0.3, -0.25) is 0 Å². The van der Waals surface area contributed by atoms with Gasteiger partial charge in [-0.2, -0.15) is 0 Å². The molecule has 0 bridgehead atoms. The molecule has 76 valence electrons. The summed E-state index contributed by atoms with van der Waals surface area (Å²) in [5.74, 6) is 0. The maximum atomic E-state index is 3.74. The Hall–Kier alpha value is -0.300. The molecule has 1 N–H and O–H groups in total. The topological polar surface area (TPSA) is 12.0 Å². The molecule has 1 nitrogen and oxygen atoms in total. The summed E-state index contributed by atoms with van der Waals surface area (Å²) in [6, 6.07) is 0.831. The van der Waals surface area contributed by atoms with Gasteiger partial charge in [0.2, 0.25) is 0 Å². The fourth-order valence-electron chi connectivity index (χ4n) is 2.03. The standard InChI is InChI=1S/C12H23N/c1-2-3-4-5-6-9-12-10-7-8-11-13-12/h2,12-13H,1,3-11H2. The molecule has 1 aliphatic rings. The molecule has 1 atom stereocenters. The van der Waals surface area contributed by atoms with Crippen molar-refractivity contribution in [1.82, 2.24) is 5.32 Å². The first kappa shape index (κ1) is 10.8. The largest absolute Gasteiger partial charge is 0.314 e. The molecule has 1 unspecified atom stereocenters. The van der Waals surface area contributed by atoms with Crippen molar-refractivity contribution in [2.45, 2.75) is 57.4 Å². The predicted molar refractivity (Wildman–Crippen MR) is 58.9 cm³/mol. The van der Waals surface area contributed by atoms with Gasteiger partial charge in [0, 0.05) is 6.04 Å². The van der Waals surface area contributed by atoms with Gasteiger partial charge in [-0.25, -0.2) is 0 Å². The molecular weight excluding hydrogens is 158 g/mol. The summed E-state index contributed by atoms with van der Waals surface area (Å²) in [4.78, 5) is 0. The summed E-state index contributed by atoms with van der Waals surface area (Å²) in [6.07, 6.45) is 12.9. The molecule has 1 aliphatic heterocycles. The zero-order valence-electron chi connectivity index (χ0n) is 8.73. The monoisotopic (exact) mass is 181 g/mol. The SMILES string of the molecule is C=CCCCCCC1CCCCN1. The van der Waals surface area contributed by atoms with E-state index in [1.165, 1.54) is 57.9 Å². The molecule has 0 radical (unpaired) electrons. The highest BCUT2D eigenvalue weighted by molar-refractivity contribution is 4.72. The van der Waals surface area contributed by atoms with E-state index in [9.17, 15) is 0 Å². The molecular formula is C12H23N.